The van der Waals surface area contributed by atoms with E-state index in [1.54, 1.807) is 0 Å². The average molecular weight is 340 g/mol. The number of halogens is 3. The fourth-order valence-electron chi connectivity index (χ4n) is 2.62. The highest BCUT2D eigenvalue weighted by atomic mass is 35.5. The maximum atomic E-state index is 5.98. The van der Waals surface area contributed by atoms with Crippen LogP contribution in [0.5, 0.6) is 0 Å². The average Bonchev–Trinajstić information content (AvgIpc) is 2.38. The summed E-state index contributed by atoms with van der Waals surface area (Å²) in [6, 6.07) is 8.90. The van der Waals surface area contributed by atoms with Crippen molar-refractivity contribution in [3.63, 3.8) is 0 Å². The van der Waals surface area contributed by atoms with E-state index in [0.29, 0.717) is 12.0 Å². The van der Waals surface area contributed by atoms with Crippen molar-refractivity contribution in [2.45, 2.75) is 26.3 Å². The van der Waals surface area contributed by atoms with Crippen molar-refractivity contribution in [3.8, 4) is 0 Å². The summed E-state index contributed by atoms with van der Waals surface area (Å²) in [6.07, 6.45) is 1.21. The van der Waals surface area contributed by atoms with Crippen LogP contribution in [0.2, 0.25) is 5.02 Å². The molecule has 0 spiro atoms. The number of hydrogen-bond acceptors (Lipinski definition) is 2. The Kier molecular flexibility index (Phi) is 9.86. The van der Waals surface area contributed by atoms with Crippen LogP contribution in [0.3, 0.4) is 0 Å². The summed E-state index contributed by atoms with van der Waals surface area (Å²) in [7, 11) is 0. The smallest absolute Gasteiger partial charge is 0.0406 e. The molecule has 2 nitrogen and oxygen atoms in total. The van der Waals surface area contributed by atoms with Gasteiger partial charge in [0.25, 0.3) is 0 Å². The van der Waals surface area contributed by atoms with Gasteiger partial charge in [-0.05, 0) is 30.0 Å². The summed E-state index contributed by atoms with van der Waals surface area (Å²) < 4.78 is 0. The molecule has 0 amide bonds. The predicted octanol–water partition coefficient (Wildman–Crippen LogP) is 4.18. The molecule has 0 saturated carbocycles. The van der Waals surface area contributed by atoms with Gasteiger partial charge in [0.15, 0.2) is 0 Å². The summed E-state index contributed by atoms with van der Waals surface area (Å²) in [6.45, 7) is 9.07. The van der Waals surface area contributed by atoms with Crippen molar-refractivity contribution in [2.75, 3.05) is 26.2 Å². The Morgan fingerprint density at radius 2 is 1.65 bits per heavy atom. The van der Waals surface area contributed by atoms with E-state index in [-0.39, 0.29) is 24.8 Å². The van der Waals surface area contributed by atoms with Gasteiger partial charge in [-0.1, -0.05) is 37.6 Å². The quantitative estimate of drug-likeness (QED) is 0.885. The van der Waals surface area contributed by atoms with Gasteiger partial charge in [0.05, 0.1) is 0 Å². The molecule has 0 unspecified atom stereocenters. The highest BCUT2D eigenvalue weighted by Gasteiger charge is 2.22. The lowest BCUT2D eigenvalue weighted by Crippen LogP contribution is -2.45. The van der Waals surface area contributed by atoms with Crippen LogP contribution < -0.4 is 5.32 Å². The van der Waals surface area contributed by atoms with Crippen LogP contribution in [0.15, 0.2) is 24.3 Å². The molecule has 116 valence electrons. The van der Waals surface area contributed by atoms with E-state index in [2.05, 4.69) is 36.2 Å². The molecule has 20 heavy (non-hydrogen) atoms. The Morgan fingerprint density at radius 1 is 1.10 bits per heavy atom. The van der Waals surface area contributed by atoms with Crippen molar-refractivity contribution in [3.05, 3.63) is 34.9 Å². The van der Waals surface area contributed by atoms with E-state index < -0.39 is 0 Å². The van der Waals surface area contributed by atoms with Gasteiger partial charge in [-0.25, -0.2) is 0 Å². The minimum absolute atomic E-state index is 0. The SMILES string of the molecule is CC(C)C[C@@H](c1ccc(Cl)cc1)N1CCNCC1.Cl.Cl. The second kappa shape index (κ2) is 9.86. The Hall–Kier alpha value is 0.01000. The first-order chi connectivity index (χ1) is 8.66. The zero-order chi connectivity index (χ0) is 13.0. The van der Waals surface area contributed by atoms with Crippen molar-refractivity contribution in [2.24, 2.45) is 5.92 Å². The van der Waals surface area contributed by atoms with Gasteiger partial charge in [0.1, 0.15) is 0 Å². The first kappa shape index (κ1) is 20.0. The summed E-state index contributed by atoms with van der Waals surface area (Å²) in [5.41, 5.74) is 1.40. The third-order valence-electron chi connectivity index (χ3n) is 3.54. The highest BCUT2D eigenvalue weighted by molar-refractivity contribution is 6.30. The van der Waals surface area contributed by atoms with E-state index in [1.165, 1.54) is 12.0 Å². The first-order valence-electron chi connectivity index (χ1n) is 6.87. The van der Waals surface area contributed by atoms with Gasteiger partial charge < -0.3 is 5.32 Å². The molecule has 2 rings (SSSR count). The minimum atomic E-state index is 0. The number of piperazine rings is 1. The lowest BCUT2D eigenvalue weighted by atomic mass is 9.95. The number of nitrogens with one attached hydrogen (secondary N) is 1. The Bertz CT molecular complexity index is 362. The Labute approximate surface area is 140 Å². The van der Waals surface area contributed by atoms with Gasteiger partial charge in [-0.15, -0.1) is 24.8 Å². The van der Waals surface area contributed by atoms with E-state index in [0.717, 1.165) is 31.2 Å². The van der Waals surface area contributed by atoms with Crippen molar-refractivity contribution < 1.29 is 0 Å². The largest absolute Gasteiger partial charge is 0.314 e. The van der Waals surface area contributed by atoms with Gasteiger partial charge in [-0.2, -0.15) is 0 Å². The molecule has 0 aliphatic carbocycles. The van der Waals surface area contributed by atoms with E-state index in [4.69, 9.17) is 11.6 Å². The molecule has 1 saturated heterocycles. The summed E-state index contributed by atoms with van der Waals surface area (Å²) in [4.78, 5) is 2.60. The fourth-order valence-corrected chi connectivity index (χ4v) is 2.75. The molecule has 1 aromatic carbocycles. The lowest BCUT2D eigenvalue weighted by Gasteiger charge is -2.36. The standard InChI is InChI=1S/C15H23ClN2.2ClH/c1-12(2)11-15(18-9-7-17-8-10-18)13-3-5-14(16)6-4-13;;/h3-6,12,15,17H,7-11H2,1-2H3;2*1H/t15-;;/m0../s1. The minimum Gasteiger partial charge on any atom is -0.314 e. The number of nitrogens with zero attached hydrogens (tertiary/aromatic N) is 1. The molecule has 0 aromatic heterocycles. The molecule has 5 heteroatoms. The summed E-state index contributed by atoms with van der Waals surface area (Å²) >= 11 is 5.98. The summed E-state index contributed by atoms with van der Waals surface area (Å²) in [5.74, 6) is 0.709. The third kappa shape index (κ3) is 5.79. The first-order valence-corrected chi connectivity index (χ1v) is 7.25. The van der Waals surface area contributed by atoms with Crippen LogP contribution in [0.4, 0.5) is 0 Å². The maximum Gasteiger partial charge on any atom is 0.0406 e. The second-order valence-corrected chi connectivity index (χ2v) is 5.92. The summed E-state index contributed by atoms with van der Waals surface area (Å²) in [5, 5.41) is 4.24. The molecule has 1 aliphatic rings. The van der Waals surface area contributed by atoms with Crippen molar-refractivity contribution in [1.29, 1.82) is 0 Å². The van der Waals surface area contributed by atoms with Gasteiger partial charge in [0.2, 0.25) is 0 Å². The molecule has 1 N–H and O–H groups in total. The fraction of sp³-hybridized carbons (Fsp3) is 0.600. The van der Waals surface area contributed by atoms with Crippen LogP contribution >= 0.6 is 36.4 Å². The van der Waals surface area contributed by atoms with E-state index in [1.807, 2.05) is 12.1 Å². The number of benzene rings is 1. The molecule has 1 heterocycles. The second-order valence-electron chi connectivity index (χ2n) is 5.48. The predicted molar refractivity (Wildman–Crippen MR) is 92.6 cm³/mol. The highest BCUT2D eigenvalue weighted by Crippen LogP contribution is 2.28. The maximum absolute atomic E-state index is 5.98. The van der Waals surface area contributed by atoms with Crippen LogP contribution in [0.25, 0.3) is 0 Å². The monoisotopic (exact) mass is 338 g/mol. The van der Waals surface area contributed by atoms with Crippen LogP contribution in [-0.4, -0.2) is 31.1 Å². The van der Waals surface area contributed by atoms with Crippen LogP contribution in [0, 0.1) is 5.92 Å². The molecule has 0 bridgehead atoms. The number of hydrogen-bond donors (Lipinski definition) is 1. The molecular weight excluding hydrogens is 315 g/mol. The Morgan fingerprint density at radius 3 is 2.15 bits per heavy atom. The molecule has 1 aliphatic heterocycles. The van der Waals surface area contributed by atoms with Crippen LogP contribution in [0.1, 0.15) is 31.9 Å². The van der Waals surface area contributed by atoms with E-state index in [9.17, 15) is 0 Å². The molecule has 1 aromatic rings. The Balaban J connectivity index is 0.00000180. The molecule has 1 fully saturated rings. The van der Waals surface area contributed by atoms with Crippen molar-refractivity contribution >= 4 is 36.4 Å². The van der Waals surface area contributed by atoms with Gasteiger partial charge in [-0.3, -0.25) is 4.90 Å². The topological polar surface area (TPSA) is 15.3 Å². The third-order valence-corrected chi connectivity index (χ3v) is 3.79. The molecule has 1 atom stereocenters. The van der Waals surface area contributed by atoms with E-state index >= 15 is 0 Å². The van der Waals surface area contributed by atoms with Gasteiger partial charge >= 0.3 is 0 Å². The van der Waals surface area contributed by atoms with Crippen molar-refractivity contribution in [1.82, 2.24) is 10.2 Å². The normalized spacial score (nSPS) is 17.2. The molecule has 0 radical (unpaired) electrons. The van der Waals surface area contributed by atoms with Gasteiger partial charge in [0, 0.05) is 37.2 Å². The zero-order valence-corrected chi connectivity index (χ0v) is 14.5. The zero-order valence-electron chi connectivity index (χ0n) is 12.1. The lowest BCUT2D eigenvalue weighted by molar-refractivity contribution is 0.154. The van der Waals surface area contributed by atoms with Crippen LogP contribution in [-0.2, 0) is 0 Å². The molecular formula is C15H25Cl3N2. The number of rotatable bonds is 4.